The highest BCUT2D eigenvalue weighted by atomic mass is 16.6. The molecule has 6 saturated heterocycles. The molecule has 10 rings (SSSR count). The number of hydrogen-bond donors (Lipinski definition) is 0. The molecule has 0 spiro atoms. The van der Waals surface area contributed by atoms with Crippen molar-refractivity contribution in [3.63, 3.8) is 0 Å². The van der Waals surface area contributed by atoms with Gasteiger partial charge >= 0.3 is 6.09 Å². The first-order valence-electron chi connectivity index (χ1n) is 17.5. The van der Waals surface area contributed by atoms with Gasteiger partial charge < -0.3 is 19.1 Å². The summed E-state index contributed by atoms with van der Waals surface area (Å²) in [5, 5.41) is 14.4. The number of carbonyl (C=O) groups is 1. The van der Waals surface area contributed by atoms with Crippen molar-refractivity contribution in [2.24, 2.45) is 0 Å². The molecular weight excluding hydrogens is 632 g/mol. The maximum Gasteiger partial charge on any atom is 0.410 e. The van der Waals surface area contributed by atoms with E-state index in [1.165, 1.54) is 17.7 Å². The lowest BCUT2D eigenvalue weighted by atomic mass is 9.86. The van der Waals surface area contributed by atoms with Gasteiger partial charge in [0.05, 0.1) is 42.7 Å². The number of piperazine rings is 2. The van der Waals surface area contributed by atoms with Crippen molar-refractivity contribution in [3.05, 3.63) is 72.2 Å². The molecule has 6 aliphatic heterocycles. The third-order valence-corrected chi connectivity index (χ3v) is 10.5. The number of hydrogen-bond acceptors (Lipinski definition) is 10. The molecule has 1 aromatic carbocycles. The first-order chi connectivity index (χ1) is 24.2. The fourth-order valence-corrected chi connectivity index (χ4v) is 8.11. The van der Waals surface area contributed by atoms with Crippen LogP contribution in [0, 0.1) is 11.3 Å². The second-order valence-corrected chi connectivity index (χ2v) is 15.0. The number of pyridine rings is 2. The fraction of sp³-hybridized carbons (Fsp3) is 0.474. The third kappa shape index (κ3) is 6.20. The quantitative estimate of drug-likeness (QED) is 0.245. The number of ether oxygens (including phenoxy) is 3. The van der Waals surface area contributed by atoms with Crippen LogP contribution in [0.3, 0.4) is 0 Å². The molecule has 260 valence electrons. The molecule has 12 nitrogen and oxygen atoms in total. The van der Waals surface area contributed by atoms with Gasteiger partial charge in [0, 0.05) is 74.9 Å². The summed E-state index contributed by atoms with van der Waals surface area (Å²) in [5.41, 5.74) is 5.15. The minimum atomic E-state index is -0.493. The molecule has 0 saturated carbocycles. The number of methoxy groups -OCH3 is 1. The lowest BCUT2D eigenvalue weighted by molar-refractivity contribution is -0.0777. The van der Waals surface area contributed by atoms with E-state index in [-0.39, 0.29) is 18.2 Å². The number of piperidine rings is 2. The van der Waals surface area contributed by atoms with Crippen LogP contribution in [0.5, 0.6) is 11.6 Å². The second kappa shape index (κ2) is 12.8. The van der Waals surface area contributed by atoms with Gasteiger partial charge in [0.1, 0.15) is 24.0 Å². The summed E-state index contributed by atoms with van der Waals surface area (Å²) >= 11 is 0. The lowest BCUT2D eigenvalue weighted by Crippen LogP contribution is -2.70. The molecule has 9 heterocycles. The molecule has 4 unspecified atom stereocenters. The normalized spacial score (nSPS) is 23.2. The van der Waals surface area contributed by atoms with E-state index < -0.39 is 5.60 Å². The van der Waals surface area contributed by atoms with Crippen LogP contribution in [-0.2, 0) is 11.3 Å². The van der Waals surface area contributed by atoms with Gasteiger partial charge in [-0.15, -0.1) is 0 Å². The van der Waals surface area contributed by atoms with E-state index in [0.717, 1.165) is 62.3 Å². The molecule has 0 aliphatic carbocycles. The molecule has 0 N–H and O–H groups in total. The summed E-state index contributed by atoms with van der Waals surface area (Å²) in [4.78, 5) is 26.4. The van der Waals surface area contributed by atoms with Gasteiger partial charge in [-0.3, -0.25) is 14.7 Å². The number of carbonyl (C=O) groups excluding carboxylic acids is 1. The third-order valence-electron chi connectivity index (χ3n) is 10.5. The fourth-order valence-electron chi connectivity index (χ4n) is 8.11. The van der Waals surface area contributed by atoms with Crippen LogP contribution in [0.2, 0.25) is 0 Å². The molecule has 3 aromatic heterocycles. The average molecular weight is 677 g/mol. The monoisotopic (exact) mass is 676 g/mol. The minimum Gasteiger partial charge on any atom is -0.491 e. The Hall–Kier alpha value is -4.86. The zero-order chi connectivity index (χ0) is 34.6. The van der Waals surface area contributed by atoms with Gasteiger partial charge in [-0.25, -0.2) is 14.3 Å². The summed E-state index contributed by atoms with van der Waals surface area (Å²) in [7, 11) is 1.64. The largest absolute Gasteiger partial charge is 0.491 e. The molecule has 4 atom stereocenters. The number of amides is 1. The van der Waals surface area contributed by atoms with E-state index in [0.29, 0.717) is 35.9 Å². The zero-order valence-electron chi connectivity index (χ0n) is 29.2. The van der Waals surface area contributed by atoms with Gasteiger partial charge in [0.25, 0.3) is 0 Å². The van der Waals surface area contributed by atoms with E-state index in [1.807, 2.05) is 50.2 Å². The van der Waals surface area contributed by atoms with Crippen LogP contribution >= 0.6 is 0 Å². The molecule has 6 aliphatic rings. The van der Waals surface area contributed by atoms with E-state index >= 15 is 0 Å². The summed E-state index contributed by atoms with van der Waals surface area (Å²) in [5.74, 6) is 1.34. The van der Waals surface area contributed by atoms with Crippen molar-refractivity contribution in [3.8, 4) is 28.8 Å². The highest BCUT2D eigenvalue weighted by Gasteiger charge is 2.48. The van der Waals surface area contributed by atoms with Gasteiger partial charge in [-0.05, 0) is 62.9 Å². The molecule has 50 heavy (non-hydrogen) atoms. The maximum absolute atomic E-state index is 12.7. The lowest BCUT2D eigenvalue weighted by Gasteiger charge is -2.57. The summed E-state index contributed by atoms with van der Waals surface area (Å²) < 4.78 is 18.9. The molecule has 1 amide bonds. The Kier molecular flexibility index (Phi) is 8.28. The number of anilines is 1. The Bertz CT molecular complexity index is 1890. The van der Waals surface area contributed by atoms with E-state index in [4.69, 9.17) is 14.2 Å². The Morgan fingerprint density at radius 1 is 0.980 bits per heavy atom. The molecule has 0 radical (unpaired) electrons. The number of benzene rings is 1. The topological polar surface area (TPSA) is 112 Å². The molecule has 4 bridgehead atoms. The Morgan fingerprint density at radius 3 is 2.38 bits per heavy atom. The summed E-state index contributed by atoms with van der Waals surface area (Å²) in [6, 6.07) is 18.4. The van der Waals surface area contributed by atoms with E-state index in [9.17, 15) is 10.1 Å². The molecule has 6 fully saturated rings. The van der Waals surface area contributed by atoms with E-state index in [2.05, 4.69) is 61.2 Å². The van der Waals surface area contributed by atoms with Gasteiger partial charge in [-0.1, -0.05) is 18.2 Å². The minimum absolute atomic E-state index is 0.189. The van der Waals surface area contributed by atoms with Crippen LogP contribution < -0.4 is 14.4 Å². The molecule has 4 aromatic rings. The standard InChI is InChI=1S/C38H44N8O4/c1-38(2,3)50-37(47)46-31-14-32(46)21-42(20-31)11-12-49-33-15-34(36-27(16-39)18-41-45(36)24-33)26-6-8-28(9-7-26)43-22-29-13-30(23-43)44(29)19-25-5-10-35(48-4)40-17-25/h5-10,15,17-18,24,29-32H,11-14,19-23H2,1-4H3. The van der Waals surface area contributed by atoms with Crippen LogP contribution in [0.25, 0.3) is 16.6 Å². The number of nitrogens with zero attached hydrogens (tertiary/aromatic N) is 8. The predicted octanol–water partition coefficient (Wildman–Crippen LogP) is 4.81. The second-order valence-electron chi connectivity index (χ2n) is 15.0. The van der Waals surface area contributed by atoms with Crippen molar-refractivity contribution < 1.29 is 19.0 Å². The number of aromatic nitrogens is 3. The number of nitriles is 1. The highest BCUT2D eigenvalue weighted by Crippen LogP contribution is 2.38. The van der Waals surface area contributed by atoms with Crippen molar-refractivity contribution >= 4 is 17.3 Å². The van der Waals surface area contributed by atoms with Crippen LogP contribution in [0.15, 0.2) is 61.1 Å². The maximum atomic E-state index is 12.7. The number of rotatable bonds is 9. The summed E-state index contributed by atoms with van der Waals surface area (Å²) in [6.45, 7) is 11.5. The van der Waals surface area contributed by atoms with Crippen LogP contribution in [-0.4, -0.2) is 112 Å². The average Bonchev–Trinajstić information content (AvgIpc) is 3.53. The van der Waals surface area contributed by atoms with Crippen molar-refractivity contribution in [2.75, 3.05) is 51.3 Å². The zero-order valence-corrected chi connectivity index (χ0v) is 29.2. The van der Waals surface area contributed by atoms with Crippen LogP contribution in [0.4, 0.5) is 10.5 Å². The summed E-state index contributed by atoms with van der Waals surface area (Å²) in [6.07, 6.45) is 7.41. The van der Waals surface area contributed by atoms with Crippen LogP contribution in [0.1, 0.15) is 44.7 Å². The highest BCUT2D eigenvalue weighted by molar-refractivity contribution is 5.85. The van der Waals surface area contributed by atoms with Crippen molar-refractivity contribution in [1.29, 1.82) is 5.26 Å². The molecule has 12 heteroatoms. The van der Waals surface area contributed by atoms with E-state index in [1.54, 1.807) is 17.8 Å². The van der Waals surface area contributed by atoms with Crippen molar-refractivity contribution in [2.45, 2.75) is 69.9 Å². The first kappa shape index (κ1) is 32.4. The Balaban J connectivity index is 0.907. The van der Waals surface area contributed by atoms with Gasteiger partial charge in [0.15, 0.2) is 0 Å². The smallest absolute Gasteiger partial charge is 0.410 e. The predicted molar refractivity (Wildman–Crippen MR) is 188 cm³/mol. The molecular formula is C38H44N8O4. The van der Waals surface area contributed by atoms with Gasteiger partial charge in [-0.2, -0.15) is 10.4 Å². The SMILES string of the molecule is COc1ccc(CN2C3CC2CN(c2ccc(-c4cc(OCCN5CC6CC(C5)N6C(=O)OC(C)(C)C)cn5ncc(C#N)c45)cc2)C3)cn1. The Labute approximate surface area is 292 Å². The number of fused-ring (bicyclic) bond motifs is 5. The Morgan fingerprint density at radius 2 is 1.72 bits per heavy atom. The first-order valence-corrected chi connectivity index (χ1v) is 17.5. The van der Waals surface area contributed by atoms with Gasteiger partial charge in [0.2, 0.25) is 5.88 Å². The van der Waals surface area contributed by atoms with Crippen molar-refractivity contribution in [1.82, 2.24) is 29.3 Å².